The van der Waals surface area contributed by atoms with Gasteiger partial charge in [0.05, 0.1) is 12.6 Å². The van der Waals surface area contributed by atoms with Gasteiger partial charge in [-0.15, -0.1) is 3.96 Å². The second-order valence-electron chi connectivity index (χ2n) is 3.79. The fourth-order valence-corrected chi connectivity index (χ4v) is 2.52. The minimum absolute atomic E-state index is 0.109. The Morgan fingerprint density at radius 1 is 1.27 bits per heavy atom. The normalized spacial score (nSPS) is 12.0. The number of rotatable bonds is 7. The monoisotopic (exact) mass is 229 g/mol. The van der Waals surface area contributed by atoms with E-state index >= 15 is 0 Å². The zero-order valence-corrected chi connectivity index (χ0v) is 10.1. The van der Waals surface area contributed by atoms with Crippen molar-refractivity contribution in [2.45, 2.75) is 52.0 Å². The molecule has 4 heteroatoms. The van der Waals surface area contributed by atoms with Crippen LogP contribution in [0, 0.1) is 0 Å². The molecule has 86 valence electrons. The molecule has 0 saturated carbocycles. The Balaban J connectivity index is 2.18. The van der Waals surface area contributed by atoms with E-state index in [0.717, 1.165) is 12.8 Å². The van der Waals surface area contributed by atoms with Crippen molar-refractivity contribution in [1.29, 1.82) is 0 Å². The van der Waals surface area contributed by atoms with Gasteiger partial charge >= 0.3 is 0 Å². The minimum atomic E-state index is -1.20. The summed E-state index contributed by atoms with van der Waals surface area (Å²) >= 11 is 0. The smallest absolute Gasteiger partial charge is 0.296 e. The average Bonchev–Trinajstić information content (AvgIpc) is 2.54. The first-order valence-corrected chi connectivity index (χ1v) is 6.83. The van der Waals surface area contributed by atoms with Gasteiger partial charge in [-0.2, -0.15) is 0 Å². The molecule has 3 nitrogen and oxygen atoms in total. The second-order valence-corrected chi connectivity index (χ2v) is 5.05. The van der Waals surface area contributed by atoms with E-state index in [1.165, 1.54) is 41.1 Å². The summed E-state index contributed by atoms with van der Waals surface area (Å²) < 4.78 is 12.7. The van der Waals surface area contributed by atoms with Crippen LogP contribution in [0.15, 0.2) is 16.2 Å². The van der Waals surface area contributed by atoms with E-state index < -0.39 is 10.9 Å². The number of nitrogens with zero attached hydrogens (tertiary/aromatic N) is 1. The van der Waals surface area contributed by atoms with Gasteiger partial charge in [0.2, 0.25) is 0 Å². The van der Waals surface area contributed by atoms with Crippen molar-refractivity contribution in [2.24, 2.45) is 0 Å². The predicted octanol–water partition coefficient (Wildman–Crippen LogP) is 2.94. The molecular weight excluding hydrogens is 210 g/mol. The first-order valence-electron chi connectivity index (χ1n) is 5.66. The quantitative estimate of drug-likeness (QED) is 0.533. The highest BCUT2D eigenvalue weighted by molar-refractivity contribution is 7.18. The van der Waals surface area contributed by atoms with Gasteiger partial charge in [0.15, 0.2) is 5.38 Å². The van der Waals surface area contributed by atoms with E-state index in [4.69, 9.17) is 0 Å². The lowest BCUT2D eigenvalue weighted by molar-refractivity contribution is 0.536. The highest BCUT2D eigenvalue weighted by atomic mass is 32.2. The summed E-state index contributed by atoms with van der Waals surface area (Å²) in [6.45, 7) is 2.82. The standard InChI is InChI=1S/C11H19NO2S/c1-2-3-4-5-6-7-9-12-11(13)8-10-15(12)14/h8,10H,2-7,9H2,1H3. The highest BCUT2D eigenvalue weighted by Gasteiger charge is 2.05. The van der Waals surface area contributed by atoms with Crippen LogP contribution in [0.4, 0.5) is 0 Å². The van der Waals surface area contributed by atoms with Crippen LogP contribution < -0.4 is 5.56 Å². The zero-order valence-electron chi connectivity index (χ0n) is 9.28. The molecule has 0 bridgehead atoms. The van der Waals surface area contributed by atoms with Gasteiger partial charge in [-0.25, -0.2) is 0 Å². The van der Waals surface area contributed by atoms with Crippen LogP contribution in [0.1, 0.15) is 45.4 Å². The van der Waals surface area contributed by atoms with E-state index in [9.17, 15) is 9.35 Å². The first-order chi connectivity index (χ1) is 7.25. The van der Waals surface area contributed by atoms with Gasteiger partial charge in [-0.3, -0.25) is 4.79 Å². The SMILES string of the molecule is CCCCCCCCn1c(=O)cc[s+]1[O-]. The molecule has 0 aromatic carbocycles. The van der Waals surface area contributed by atoms with Crippen LogP contribution in [-0.4, -0.2) is 8.51 Å². The highest BCUT2D eigenvalue weighted by Crippen LogP contribution is 2.11. The Morgan fingerprint density at radius 3 is 2.53 bits per heavy atom. The van der Waals surface area contributed by atoms with E-state index in [2.05, 4.69) is 6.92 Å². The fourth-order valence-electron chi connectivity index (χ4n) is 1.60. The Morgan fingerprint density at radius 2 is 1.93 bits per heavy atom. The third-order valence-corrected chi connectivity index (χ3v) is 3.67. The first kappa shape index (κ1) is 12.5. The predicted molar refractivity (Wildman–Crippen MR) is 62.7 cm³/mol. The van der Waals surface area contributed by atoms with Crippen molar-refractivity contribution >= 4 is 10.9 Å². The zero-order chi connectivity index (χ0) is 11.1. The van der Waals surface area contributed by atoms with Crippen LogP contribution in [0.3, 0.4) is 0 Å². The summed E-state index contributed by atoms with van der Waals surface area (Å²) in [5, 5.41) is 1.46. The van der Waals surface area contributed by atoms with E-state index in [1.807, 2.05) is 0 Å². The maximum absolute atomic E-state index is 11.3. The number of hydrogen-bond acceptors (Lipinski definition) is 2. The lowest BCUT2D eigenvalue weighted by atomic mass is 10.1. The molecule has 1 heterocycles. The van der Waals surface area contributed by atoms with Gasteiger partial charge in [-0.05, 0) is 6.42 Å². The van der Waals surface area contributed by atoms with E-state index in [-0.39, 0.29) is 5.56 Å². The Bertz CT molecular complexity index is 330. The molecule has 0 saturated heterocycles. The molecule has 0 radical (unpaired) electrons. The summed E-state index contributed by atoms with van der Waals surface area (Å²) in [6, 6.07) is 1.40. The molecule has 15 heavy (non-hydrogen) atoms. The van der Waals surface area contributed by atoms with Crippen molar-refractivity contribution in [3.8, 4) is 0 Å². The number of hydrogen-bond donors (Lipinski definition) is 0. The van der Waals surface area contributed by atoms with Crippen LogP contribution in [0.2, 0.25) is 0 Å². The van der Waals surface area contributed by atoms with Crippen molar-refractivity contribution in [3.63, 3.8) is 0 Å². The summed E-state index contributed by atoms with van der Waals surface area (Å²) in [7, 11) is -1.20. The van der Waals surface area contributed by atoms with Crippen LogP contribution in [-0.2, 0) is 6.54 Å². The van der Waals surface area contributed by atoms with Crippen molar-refractivity contribution in [1.82, 2.24) is 3.96 Å². The molecule has 0 aliphatic heterocycles. The number of unbranched alkanes of at least 4 members (excludes halogenated alkanes) is 5. The van der Waals surface area contributed by atoms with Gasteiger partial charge in [-0.1, -0.05) is 39.0 Å². The summed E-state index contributed by atoms with van der Waals surface area (Å²) in [4.78, 5) is 11.2. The lowest BCUT2D eigenvalue weighted by Crippen LogP contribution is -2.13. The minimum Gasteiger partial charge on any atom is -0.570 e. The number of aromatic nitrogens is 1. The molecule has 0 fully saturated rings. The molecular formula is C11H19NO2S. The third kappa shape index (κ3) is 4.18. The van der Waals surface area contributed by atoms with Crippen molar-refractivity contribution < 1.29 is 4.55 Å². The molecule has 1 rings (SSSR count). The third-order valence-electron chi connectivity index (χ3n) is 2.50. The fraction of sp³-hybridized carbons (Fsp3) is 0.727. The summed E-state index contributed by atoms with van der Waals surface area (Å²) in [5.74, 6) is 0. The molecule has 0 amide bonds. The summed E-state index contributed by atoms with van der Waals surface area (Å²) in [6.07, 6.45) is 7.11. The van der Waals surface area contributed by atoms with Gasteiger partial charge in [0, 0.05) is 10.9 Å². The van der Waals surface area contributed by atoms with Gasteiger partial charge < -0.3 is 4.55 Å². The Labute approximate surface area is 93.7 Å². The van der Waals surface area contributed by atoms with Gasteiger partial charge in [0.1, 0.15) is 0 Å². The average molecular weight is 229 g/mol. The maximum atomic E-state index is 11.3. The molecule has 1 atom stereocenters. The topological polar surface area (TPSA) is 45.1 Å². The molecule has 0 aliphatic rings. The second kappa shape index (κ2) is 6.80. The largest absolute Gasteiger partial charge is 0.570 e. The Kier molecular flexibility index (Phi) is 5.65. The van der Waals surface area contributed by atoms with Crippen LogP contribution >= 0.6 is 10.9 Å². The van der Waals surface area contributed by atoms with Crippen molar-refractivity contribution in [3.05, 3.63) is 21.8 Å². The van der Waals surface area contributed by atoms with Crippen LogP contribution in [0.25, 0.3) is 0 Å². The molecule has 1 unspecified atom stereocenters. The van der Waals surface area contributed by atoms with Crippen LogP contribution in [0.5, 0.6) is 0 Å². The summed E-state index contributed by atoms with van der Waals surface area (Å²) in [5.41, 5.74) is -0.109. The molecule has 0 N–H and O–H groups in total. The van der Waals surface area contributed by atoms with Crippen molar-refractivity contribution in [2.75, 3.05) is 0 Å². The van der Waals surface area contributed by atoms with E-state index in [0.29, 0.717) is 6.54 Å². The maximum Gasteiger partial charge on any atom is 0.296 e. The molecule has 0 aliphatic carbocycles. The molecule has 0 spiro atoms. The molecule has 1 aromatic rings. The lowest BCUT2D eigenvalue weighted by Gasteiger charge is -2.01. The molecule has 1 aromatic heterocycles. The van der Waals surface area contributed by atoms with Gasteiger partial charge in [0.25, 0.3) is 5.56 Å². The van der Waals surface area contributed by atoms with E-state index in [1.54, 1.807) is 0 Å². The Hall–Kier alpha value is -0.610.